The van der Waals surface area contributed by atoms with E-state index in [1.54, 1.807) is 0 Å². The first-order valence-corrected chi connectivity index (χ1v) is 8.57. The molecule has 0 saturated carbocycles. The molecule has 0 aromatic heterocycles. The molecule has 22 heavy (non-hydrogen) atoms. The van der Waals surface area contributed by atoms with E-state index in [1.165, 1.54) is 0 Å². The Bertz CT molecular complexity index is 315. The maximum absolute atomic E-state index is 5.87. The molecule has 1 saturated heterocycles. The molecule has 0 aromatic rings. The van der Waals surface area contributed by atoms with Crippen molar-refractivity contribution in [1.82, 2.24) is 10.2 Å². The lowest BCUT2D eigenvalue weighted by molar-refractivity contribution is -0.0318. The number of unbranched alkanes of at least 4 members (excludes halogenated alkanes) is 1. The van der Waals surface area contributed by atoms with Crippen LogP contribution in [-0.2, 0) is 9.47 Å². The number of hydrogen-bond acceptors (Lipinski definition) is 3. The predicted octanol–water partition coefficient (Wildman–Crippen LogP) is 2.44. The van der Waals surface area contributed by atoms with E-state index in [2.05, 4.69) is 35.8 Å². The van der Waals surface area contributed by atoms with Crippen LogP contribution < -0.4 is 5.32 Å². The summed E-state index contributed by atoms with van der Waals surface area (Å²) in [4.78, 5) is 6.86. The summed E-state index contributed by atoms with van der Waals surface area (Å²) in [5.41, 5.74) is 0. The SMILES string of the molecule is C=CCCCN(C)C(=NCCCOC1CCOCC1)NCC. The Labute approximate surface area is 135 Å². The van der Waals surface area contributed by atoms with Gasteiger partial charge in [-0.1, -0.05) is 6.08 Å². The van der Waals surface area contributed by atoms with Crippen LogP contribution in [0.5, 0.6) is 0 Å². The molecular weight excluding hydrogens is 278 g/mol. The van der Waals surface area contributed by atoms with Gasteiger partial charge in [0.05, 0.1) is 6.10 Å². The minimum atomic E-state index is 0.382. The third kappa shape index (κ3) is 8.39. The summed E-state index contributed by atoms with van der Waals surface area (Å²) in [6.45, 7) is 11.0. The van der Waals surface area contributed by atoms with Gasteiger partial charge in [-0.3, -0.25) is 4.99 Å². The summed E-state index contributed by atoms with van der Waals surface area (Å²) in [7, 11) is 2.09. The second-order valence-electron chi connectivity index (χ2n) is 5.62. The van der Waals surface area contributed by atoms with Crippen LogP contribution in [-0.4, -0.2) is 63.5 Å². The normalized spacial score (nSPS) is 16.5. The summed E-state index contributed by atoms with van der Waals surface area (Å²) in [5, 5.41) is 3.34. The smallest absolute Gasteiger partial charge is 0.193 e. The molecule has 128 valence electrons. The van der Waals surface area contributed by atoms with E-state index in [-0.39, 0.29) is 0 Å². The van der Waals surface area contributed by atoms with Crippen LogP contribution in [0.25, 0.3) is 0 Å². The molecule has 1 aliphatic heterocycles. The Morgan fingerprint density at radius 3 is 2.86 bits per heavy atom. The van der Waals surface area contributed by atoms with Gasteiger partial charge in [0.25, 0.3) is 0 Å². The number of nitrogens with one attached hydrogen (secondary N) is 1. The fourth-order valence-corrected chi connectivity index (χ4v) is 2.39. The average Bonchev–Trinajstić information content (AvgIpc) is 2.54. The van der Waals surface area contributed by atoms with Gasteiger partial charge < -0.3 is 19.7 Å². The van der Waals surface area contributed by atoms with Crippen LogP contribution in [0.3, 0.4) is 0 Å². The first-order chi connectivity index (χ1) is 10.8. The van der Waals surface area contributed by atoms with Crippen LogP contribution in [0.1, 0.15) is 39.0 Å². The van der Waals surface area contributed by atoms with Crippen molar-refractivity contribution in [3.05, 3.63) is 12.7 Å². The number of rotatable bonds is 10. The molecule has 0 bridgehead atoms. The van der Waals surface area contributed by atoms with Crippen molar-refractivity contribution in [2.24, 2.45) is 4.99 Å². The third-order valence-corrected chi connectivity index (χ3v) is 3.68. The van der Waals surface area contributed by atoms with Gasteiger partial charge in [-0.15, -0.1) is 6.58 Å². The van der Waals surface area contributed by atoms with Gasteiger partial charge in [-0.25, -0.2) is 0 Å². The maximum atomic E-state index is 5.87. The number of nitrogens with zero attached hydrogens (tertiary/aromatic N) is 2. The Kier molecular flexibility index (Phi) is 10.8. The monoisotopic (exact) mass is 311 g/mol. The molecule has 1 rings (SSSR count). The number of hydrogen-bond donors (Lipinski definition) is 1. The average molecular weight is 311 g/mol. The molecule has 5 nitrogen and oxygen atoms in total. The van der Waals surface area contributed by atoms with E-state index in [9.17, 15) is 0 Å². The van der Waals surface area contributed by atoms with Gasteiger partial charge in [0.15, 0.2) is 5.96 Å². The van der Waals surface area contributed by atoms with E-state index in [0.717, 1.165) is 77.5 Å². The van der Waals surface area contributed by atoms with Gasteiger partial charge in [0.1, 0.15) is 0 Å². The Balaban J connectivity index is 2.21. The zero-order chi connectivity index (χ0) is 16.0. The first-order valence-electron chi connectivity index (χ1n) is 8.57. The number of aliphatic imine (C=N–C) groups is 1. The lowest BCUT2D eigenvalue weighted by Crippen LogP contribution is -2.39. The zero-order valence-corrected chi connectivity index (χ0v) is 14.4. The van der Waals surface area contributed by atoms with Crippen LogP contribution in [0.2, 0.25) is 0 Å². The Morgan fingerprint density at radius 1 is 1.41 bits per heavy atom. The van der Waals surface area contributed by atoms with Crippen LogP contribution in [0.15, 0.2) is 17.6 Å². The lowest BCUT2D eigenvalue weighted by atomic mass is 10.1. The summed E-state index contributed by atoms with van der Waals surface area (Å²) in [6, 6.07) is 0. The first kappa shape index (κ1) is 19.0. The van der Waals surface area contributed by atoms with Crippen LogP contribution >= 0.6 is 0 Å². The second kappa shape index (κ2) is 12.5. The van der Waals surface area contributed by atoms with Gasteiger partial charge >= 0.3 is 0 Å². The molecule has 1 fully saturated rings. The molecule has 0 atom stereocenters. The third-order valence-electron chi connectivity index (χ3n) is 3.68. The van der Waals surface area contributed by atoms with E-state index < -0.39 is 0 Å². The van der Waals surface area contributed by atoms with E-state index in [4.69, 9.17) is 9.47 Å². The van der Waals surface area contributed by atoms with E-state index >= 15 is 0 Å². The molecule has 0 amide bonds. The molecule has 0 aromatic carbocycles. The molecule has 5 heteroatoms. The second-order valence-corrected chi connectivity index (χ2v) is 5.62. The minimum Gasteiger partial charge on any atom is -0.381 e. The van der Waals surface area contributed by atoms with Gasteiger partial charge in [-0.2, -0.15) is 0 Å². The summed E-state index contributed by atoms with van der Waals surface area (Å²) in [6.07, 6.45) is 7.52. The fraction of sp³-hybridized carbons (Fsp3) is 0.824. The quantitative estimate of drug-likeness (QED) is 0.291. The molecular formula is C17H33N3O2. The number of guanidine groups is 1. The molecule has 1 aliphatic rings. The largest absolute Gasteiger partial charge is 0.381 e. The van der Waals surface area contributed by atoms with Crippen molar-refractivity contribution < 1.29 is 9.47 Å². The molecule has 1 heterocycles. The standard InChI is InChI=1S/C17H33N3O2/c1-4-6-7-12-20(3)17(18-5-2)19-11-8-13-22-16-9-14-21-15-10-16/h4,16H,1,5-15H2,2-3H3,(H,18,19). The van der Waals surface area contributed by atoms with Crippen molar-refractivity contribution in [3.63, 3.8) is 0 Å². The van der Waals surface area contributed by atoms with Gasteiger partial charge in [0.2, 0.25) is 0 Å². The van der Waals surface area contributed by atoms with Crippen LogP contribution in [0.4, 0.5) is 0 Å². The Morgan fingerprint density at radius 2 is 2.18 bits per heavy atom. The predicted molar refractivity (Wildman–Crippen MR) is 92.4 cm³/mol. The highest BCUT2D eigenvalue weighted by Crippen LogP contribution is 2.10. The van der Waals surface area contributed by atoms with Crippen molar-refractivity contribution in [2.75, 3.05) is 46.5 Å². The molecule has 0 radical (unpaired) electrons. The van der Waals surface area contributed by atoms with Gasteiger partial charge in [-0.05, 0) is 39.0 Å². The topological polar surface area (TPSA) is 46.1 Å². The van der Waals surface area contributed by atoms with E-state index in [1.807, 2.05) is 6.08 Å². The van der Waals surface area contributed by atoms with Gasteiger partial charge in [0, 0.05) is 46.5 Å². The molecule has 1 N–H and O–H groups in total. The van der Waals surface area contributed by atoms with E-state index in [0.29, 0.717) is 6.10 Å². The molecule has 0 spiro atoms. The molecule has 0 unspecified atom stereocenters. The molecule has 0 aliphatic carbocycles. The van der Waals surface area contributed by atoms with Crippen molar-refractivity contribution >= 4 is 5.96 Å². The van der Waals surface area contributed by atoms with Crippen molar-refractivity contribution in [3.8, 4) is 0 Å². The summed E-state index contributed by atoms with van der Waals surface area (Å²) in [5.74, 6) is 0.984. The fourth-order valence-electron chi connectivity index (χ4n) is 2.39. The highest BCUT2D eigenvalue weighted by molar-refractivity contribution is 5.79. The lowest BCUT2D eigenvalue weighted by Gasteiger charge is -2.23. The van der Waals surface area contributed by atoms with Crippen molar-refractivity contribution in [2.45, 2.75) is 45.1 Å². The highest BCUT2D eigenvalue weighted by Gasteiger charge is 2.13. The highest BCUT2D eigenvalue weighted by atomic mass is 16.5. The summed E-state index contributed by atoms with van der Waals surface area (Å²) >= 11 is 0. The number of ether oxygens (including phenoxy) is 2. The van der Waals surface area contributed by atoms with Crippen molar-refractivity contribution in [1.29, 1.82) is 0 Å². The minimum absolute atomic E-state index is 0.382. The zero-order valence-electron chi connectivity index (χ0n) is 14.4. The van der Waals surface area contributed by atoms with Crippen LogP contribution in [0, 0.1) is 0 Å². The maximum Gasteiger partial charge on any atom is 0.193 e. The summed E-state index contributed by atoms with van der Waals surface area (Å²) < 4.78 is 11.2. The number of allylic oxidation sites excluding steroid dienone is 1. The Hall–Kier alpha value is -1.07.